The number of benzene rings is 1. The maximum absolute atomic E-state index is 12.8. The standard InChI is InChI=1S/C12H11FN2OS/c1-17-12-14-6-11(8-16)15(12)7-9-2-4-10(13)5-3-9/h2-6,8H,7H2,1H3. The third-order valence-electron chi connectivity index (χ3n) is 2.41. The van der Waals surface area contributed by atoms with Crippen molar-refractivity contribution in [3.05, 3.63) is 47.5 Å². The molecule has 0 N–H and O–H groups in total. The number of hydrogen-bond donors (Lipinski definition) is 0. The maximum atomic E-state index is 12.8. The Morgan fingerprint density at radius 3 is 2.71 bits per heavy atom. The molecule has 3 nitrogen and oxygen atoms in total. The van der Waals surface area contributed by atoms with Gasteiger partial charge in [-0.3, -0.25) is 4.79 Å². The first kappa shape index (κ1) is 11.9. The van der Waals surface area contributed by atoms with Gasteiger partial charge in [0.05, 0.1) is 12.7 Å². The minimum absolute atomic E-state index is 0.264. The average molecular weight is 250 g/mol. The van der Waals surface area contributed by atoms with Crippen molar-refractivity contribution >= 4 is 18.0 Å². The van der Waals surface area contributed by atoms with E-state index in [1.54, 1.807) is 18.3 Å². The molecule has 2 rings (SSSR count). The van der Waals surface area contributed by atoms with Gasteiger partial charge in [-0.25, -0.2) is 9.37 Å². The molecule has 0 saturated carbocycles. The Morgan fingerprint density at radius 1 is 1.41 bits per heavy atom. The molecular formula is C12H11FN2OS. The van der Waals surface area contributed by atoms with Gasteiger partial charge < -0.3 is 4.57 Å². The number of imidazole rings is 1. The first-order valence-electron chi connectivity index (χ1n) is 5.03. The number of halogens is 1. The second kappa shape index (κ2) is 5.14. The van der Waals surface area contributed by atoms with Gasteiger partial charge in [-0.05, 0) is 24.0 Å². The van der Waals surface area contributed by atoms with Gasteiger partial charge in [0, 0.05) is 0 Å². The molecule has 0 amide bonds. The Kier molecular flexibility index (Phi) is 3.58. The highest BCUT2D eigenvalue weighted by atomic mass is 32.2. The van der Waals surface area contributed by atoms with Crippen molar-refractivity contribution in [3.63, 3.8) is 0 Å². The van der Waals surface area contributed by atoms with Gasteiger partial charge in [-0.15, -0.1) is 0 Å². The van der Waals surface area contributed by atoms with Gasteiger partial charge in [-0.1, -0.05) is 23.9 Å². The molecule has 0 aliphatic rings. The normalized spacial score (nSPS) is 10.5. The fourth-order valence-corrected chi connectivity index (χ4v) is 2.11. The van der Waals surface area contributed by atoms with E-state index in [1.165, 1.54) is 23.9 Å². The lowest BCUT2D eigenvalue weighted by atomic mass is 10.2. The van der Waals surface area contributed by atoms with Gasteiger partial charge in [0.1, 0.15) is 11.5 Å². The largest absolute Gasteiger partial charge is 0.312 e. The summed E-state index contributed by atoms with van der Waals surface area (Å²) in [6, 6.07) is 6.22. The third-order valence-corrected chi connectivity index (χ3v) is 3.10. The van der Waals surface area contributed by atoms with Crippen LogP contribution in [0.5, 0.6) is 0 Å². The van der Waals surface area contributed by atoms with E-state index in [0.717, 1.165) is 17.0 Å². The van der Waals surface area contributed by atoms with E-state index in [1.807, 2.05) is 10.8 Å². The molecule has 0 bridgehead atoms. The molecule has 5 heteroatoms. The van der Waals surface area contributed by atoms with E-state index in [4.69, 9.17) is 0 Å². The van der Waals surface area contributed by atoms with Crippen LogP contribution in [-0.2, 0) is 6.54 Å². The lowest BCUT2D eigenvalue weighted by Crippen LogP contribution is -2.05. The molecule has 1 aromatic carbocycles. The van der Waals surface area contributed by atoms with E-state index in [0.29, 0.717) is 12.2 Å². The van der Waals surface area contributed by atoms with Gasteiger partial charge in [0.2, 0.25) is 0 Å². The minimum atomic E-state index is -0.264. The number of aromatic nitrogens is 2. The minimum Gasteiger partial charge on any atom is -0.312 e. The summed E-state index contributed by atoms with van der Waals surface area (Å²) in [5, 5.41) is 0.774. The monoisotopic (exact) mass is 250 g/mol. The Bertz CT molecular complexity index is 522. The van der Waals surface area contributed by atoms with Crippen LogP contribution in [0.15, 0.2) is 35.6 Å². The predicted octanol–water partition coefficient (Wildman–Crippen LogP) is 2.60. The van der Waals surface area contributed by atoms with Gasteiger partial charge in [0.25, 0.3) is 0 Å². The van der Waals surface area contributed by atoms with Crippen molar-refractivity contribution in [2.45, 2.75) is 11.7 Å². The van der Waals surface area contributed by atoms with Crippen LogP contribution in [0, 0.1) is 5.82 Å². The van der Waals surface area contributed by atoms with Gasteiger partial charge in [-0.2, -0.15) is 0 Å². The third kappa shape index (κ3) is 2.55. The fraction of sp³-hybridized carbons (Fsp3) is 0.167. The second-order valence-electron chi connectivity index (χ2n) is 3.50. The van der Waals surface area contributed by atoms with Crippen LogP contribution in [0.2, 0.25) is 0 Å². The smallest absolute Gasteiger partial charge is 0.168 e. The second-order valence-corrected chi connectivity index (χ2v) is 4.27. The van der Waals surface area contributed by atoms with Crippen molar-refractivity contribution in [2.24, 2.45) is 0 Å². The Morgan fingerprint density at radius 2 is 2.12 bits per heavy atom. The number of rotatable bonds is 4. The van der Waals surface area contributed by atoms with Crippen LogP contribution in [0.4, 0.5) is 4.39 Å². The predicted molar refractivity (Wildman–Crippen MR) is 64.9 cm³/mol. The average Bonchev–Trinajstić information content (AvgIpc) is 2.74. The number of thioether (sulfide) groups is 1. The van der Waals surface area contributed by atoms with Crippen molar-refractivity contribution in [2.75, 3.05) is 6.26 Å². The quantitative estimate of drug-likeness (QED) is 0.618. The molecule has 0 saturated heterocycles. The molecule has 17 heavy (non-hydrogen) atoms. The van der Waals surface area contributed by atoms with Crippen molar-refractivity contribution in [1.29, 1.82) is 0 Å². The topological polar surface area (TPSA) is 34.9 Å². The summed E-state index contributed by atoms with van der Waals surface area (Å²) < 4.78 is 14.6. The van der Waals surface area contributed by atoms with E-state index >= 15 is 0 Å². The summed E-state index contributed by atoms with van der Waals surface area (Å²) in [6.45, 7) is 0.518. The number of hydrogen-bond acceptors (Lipinski definition) is 3. The van der Waals surface area contributed by atoms with E-state index in [2.05, 4.69) is 4.98 Å². The summed E-state index contributed by atoms with van der Waals surface area (Å²) in [6.07, 6.45) is 4.22. The summed E-state index contributed by atoms with van der Waals surface area (Å²) in [5.41, 5.74) is 1.46. The number of carbonyl (C=O) groups is 1. The molecule has 2 aromatic rings. The molecule has 1 heterocycles. The summed E-state index contributed by atoms with van der Waals surface area (Å²) >= 11 is 1.47. The molecule has 0 aliphatic heterocycles. The van der Waals surface area contributed by atoms with E-state index < -0.39 is 0 Å². The lowest BCUT2D eigenvalue weighted by molar-refractivity contribution is 0.111. The first-order valence-corrected chi connectivity index (χ1v) is 6.26. The van der Waals surface area contributed by atoms with Crippen LogP contribution in [-0.4, -0.2) is 22.1 Å². The van der Waals surface area contributed by atoms with E-state index in [-0.39, 0.29) is 5.82 Å². The molecular weight excluding hydrogens is 239 g/mol. The van der Waals surface area contributed by atoms with E-state index in [9.17, 15) is 9.18 Å². The van der Waals surface area contributed by atoms with Crippen LogP contribution >= 0.6 is 11.8 Å². The number of aldehydes is 1. The van der Waals surface area contributed by atoms with Crippen molar-refractivity contribution in [3.8, 4) is 0 Å². The van der Waals surface area contributed by atoms with Crippen molar-refractivity contribution in [1.82, 2.24) is 9.55 Å². The van der Waals surface area contributed by atoms with Gasteiger partial charge in [0.15, 0.2) is 11.4 Å². The summed E-state index contributed by atoms with van der Waals surface area (Å²) in [7, 11) is 0. The summed E-state index contributed by atoms with van der Waals surface area (Å²) in [4.78, 5) is 15.0. The molecule has 0 atom stereocenters. The zero-order valence-electron chi connectivity index (χ0n) is 9.26. The fourth-order valence-electron chi connectivity index (χ4n) is 1.56. The number of carbonyl (C=O) groups excluding carboxylic acids is 1. The highest BCUT2D eigenvalue weighted by Gasteiger charge is 2.08. The molecule has 0 fully saturated rings. The van der Waals surface area contributed by atoms with Crippen LogP contribution < -0.4 is 0 Å². The first-order chi connectivity index (χ1) is 8.24. The Balaban J connectivity index is 2.31. The highest BCUT2D eigenvalue weighted by molar-refractivity contribution is 7.98. The maximum Gasteiger partial charge on any atom is 0.168 e. The zero-order valence-corrected chi connectivity index (χ0v) is 10.1. The Hall–Kier alpha value is -1.62. The molecule has 0 unspecified atom stereocenters. The highest BCUT2D eigenvalue weighted by Crippen LogP contribution is 2.17. The Labute approximate surface area is 103 Å². The van der Waals surface area contributed by atoms with Crippen LogP contribution in [0.3, 0.4) is 0 Å². The van der Waals surface area contributed by atoms with Crippen LogP contribution in [0.1, 0.15) is 16.1 Å². The molecule has 88 valence electrons. The van der Waals surface area contributed by atoms with Crippen molar-refractivity contribution < 1.29 is 9.18 Å². The molecule has 0 radical (unpaired) electrons. The summed E-state index contributed by atoms with van der Waals surface area (Å²) in [5.74, 6) is -0.264. The molecule has 1 aromatic heterocycles. The zero-order chi connectivity index (χ0) is 12.3. The van der Waals surface area contributed by atoms with Gasteiger partial charge >= 0.3 is 0 Å². The lowest BCUT2D eigenvalue weighted by Gasteiger charge is -2.07. The number of nitrogens with zero attached hydrogens (tertiary/aromatic N) is 2. The molecule has 0 aliphatic carbocycles. The SMILES string of the molecule is CSc1ncc(C=O)n1Cc1ccc(F)cc1. The van der Waals surface area contributed by atoms with Crippen LogP contribution in [0.25, 0.3) is 0 Å². The molecule has 0 spiro atoms.